The van der Waals surface area contributed by atoms with E-state index < -0.39 is 23.5 Å². The number of benzene rings is 3. The first kappa shape index (κ1) is 25.3. The summed E-state index contributed by atoms with van der Waals surface area (Å²) in [6.45, 7) is 3.34. The first-order valence-corrected chi connectivity index (χ1v) is 10.6. The molecular formula is C27H24O8. The molecule has 0 saturated carbocycles. The van der Waals surface area contributed by atoms with E-state index in [4.69, 9.17) is 14.2 Å². The molecule has 35 heavy (non-hydrogen) atoms. The first-order chi connectivity index (χ1) is 16.6. The fourth-order valence-corrected chi connectivity index (χ4v) is 2.97. The Balaban J connectivity index is 1.60. The largest absolute Gasteiger partial charge is 0.465 e. The van der Waals surface area contributed by atoms with Crippen LogP contribution >= 0.6 is 0 Å². The molecule has 0 aliphatic rings. The molecule has 0 atom stereocenters. The van der Waals surface area contributed by atoms with Gasteiger partial charge >= 0.3 is 17.9 Å². The van der Waals surface area contributed by atoms with Crippen molar-refractivity contribution in [3.8, 4) is 11.5 Å². The van der Waals surface area contributed by atoms with Crippen molar-refractivity contribution < 1.29 is 38.1 Å². The Bertz CT molecular complexity index is 1220. The molecule has 3 rings (SSSR count). The summed E-state index contributed by atoms with van der Waals surface area (Å²) >= 11 is 0. The molecule has 0 N–H and O–H groups in total. The number of carbonyl (C=O) groups is 4. The van der Waals surface area contributed by atoms with Gasteiger partial charge in [0.05, 0.1) is 23.8 Å². The molecule has 0 heterocycles. The smallest absolute Gasteiger partial charge is 0.343 e. The molecule has 0 aliphatic heterocycles. The van der Waals surface area contributed by atoms with E-state index in [-0.39, 0.29) is 28.4 Å². The maximum Gasteiger partial charge on any atom is 0.343 e. The van der Waals surface area contributed by atoms with Crippen LogP contribution in [0.1, 0.15) is 55.3 Å². The van der Waals surface area contributed by atoms with Crippen LogP contribution in [0.3, 0.4) is 0 Å². The fraction of sp³-hybridized carbons (Fsp3) is 0.185. The van der Waals surface area contributed by atoms with Crippen molar-refractivity contribution in [3.05, 3.63) is 95.1 Å². The summed E-state index contributed by atoms with van der Waals surface area (Å²) in [7, 11) is 2.73. The van der Waals surface area contributed by atoms with Crippen LogP contribution in [-0.2, 0) is 9.47 Å². The summed E-state index contributed by atoms with van der Waals surface area (Å²) < 4.78 is 20.5. The van der Waals surface area contributed by atoms with Gasteiger partial charge in [0, 0.05) is 12.7 Å². The summed E-state index contributed by atoms with van der Waals surface area (Å²) in [5, 5.41) is 0. The van der Waals surface area contributed by atoms with Crippen LogP contribution in [0.25, 0.3) is 0 Å². The Labute approximate surface area is 202 Å². The van der Waals surface area contributed by atoms with Crippen molar-refractivity contribution in [1.29, 1.82) is 0 Å². The molecule has 180 valence electrons. The minimum Gasteiger partial charge on any atom is -0.465 e. The zero-order chi connectivity index (χ0) is 25.6. The monoisotopic (exact) mass is 476 g/mol. The molecule has 0 amide bonds. The second-order valence-corrected chi connectivity index (χ2v) is 7.94. The van der Waals surface area contributed by atoms with Crippen LogP contribution in [0.5, 0.6) is 11.5 Å². The Hall–Kier alpha value is -4.30. The van der Waals surface area contributed by atoms with Gasteiger partial charge in [-0.05, 0) is 86.6 Å². The zero-order valence-corrected chi connectivity index (χ0v) is 19.7. The lowest BCUT2D eigenvalue weighted by Crippen LogP contribution is -2.33. The van der Waals surface area contributed by atoms with Crippen molar-refractivity contribution in [2.45, 2.75) is 19.4 Å². The maximum atomic E-state index is 12.5. The average Bonchev–Trinajstić information content (AvgIpc) is 2.88. The van der Waals surface area contributed by atoms with Gasteiger partial charge in [-0.2, -0.15) is 0 Å². The Morgan fingerprint density at radius 3 is 1.26 bits per heavy atom. The SMILES string of the molecule is COC(=O)c1ccc(C(=O)Oc2ccc(C(=O)Oc3ccc(C(=O)C(C)(C)OC)cc3)cc2)cc1. The van der Waals surface area contributed by atoms with Gasteiger partial charge in [-0.25, -0.2) is 14.4 Å². The zero-order valence-electron chi connectivity index (χ0n) is 19.7. The Morgan fingerprint density at radius 1 is 0.543 bits per heavy atom. The topological polar surface area (TPSA) is 105 Å². The number of carbonyl (C=O) groups excluding carboxylic acids is 4. The molecule has 8 nitrogen and oxygen atoms in total. The van der Waals surface area contributed by atoms with Crippen LogP contribution in [0.4, 0.5) is 0 Å². The molecule has 0 aromatic heterocycles. The van der Waals surface area contributed by atoms with E-state index in [0.29, 0.717) is 11.1 Å². The normalized spacial score (nSPS) is 10.9. The third-order valence-corrected chi connectivity index (χ3v) is 5.23. The number of esters is 3. The van der Waals surface area contributed by atoms with Crippen LogP contribution in [-0.4, -0.2) is 43.5 Å². The third-order valence-electron chi connectivity index (χ3n) is 5.23. The van der Waals surface area contributed by atoms with Gasteiger partial charge in [-0.1, -0.05) is 0 Å². The van der Waals surface area contributed by atoms with Crippen molar-refractivity contribution in [2.75, 3.05) is 14.2 Å². The lowest BCUT2D eigenvalue weighted by molar-refractivity contribution is 0.0228. The molecule has 0 saturated heterocycles. The summed E-state index contributed by atoms with van der Waals surface area (Å²) in [6.07, 6.45) is 0. The van der Waals surface area contributed by atoms with Gasteiger partial charge in [0.2, 0.25) is 0 Å². The van der Waals surface area contributed by atoms with Gasteiger partial charge in [-0.15, -0.1) is 0 Å². The number of rotatable bonds is 8. The van der Waals surface area contributed by atoms with Gasteiger partial charge in [-0.3, -0.25) is 4.79 Å². The van der Waals surface area contributed by atoms with Gasteiger partial charge in [0.15, 0.2) is 5.78 Å². The minimum absolute atomic E-state index is 0.192. The van der Waals surface area contributed by atoms with E-state index in [0.717, 1.165) is 0 Å². The highest BCUT2D eigenvalue weighted by molar-refractivity contribution is 6.02. The number of methoxy groups -OCH3 is 2. The molecule has 0 radical (unpaired) electrons. The van der Waals surface area contributed by atoms with E-state index >= 15 is 0 Å². The fourth-order valence-electron chi connectivity index (χ4n) is 2.97. The van der Waals surface area contributed by atoms with Crippen LogP contribution in [0.2, 0.25) is 0 Å². The third kappa shape index (κ3) is 6.18. The molecule has 0 spiro atoms. The molecule has 3 aromatic carbocycles. The van der Waals surface area contributed by atoms with Crippen molar-refractivity contribution in [1.82, 2.24) is 0 Å². The lowest BCUT2D eigenvalue weighted by atomic mass is 9.96. The standard InChI is InChI=1S/C27H24O8/c1-27(2,33-4)23(28)17-9-13-21(14-10-17)34-26(31)20-11-15-22(16-12-20)35-25(30)19-7-5-18(6-8-19)24(29)32-3/h5-16H,1-4H3. The van der Waals surface area contributed by atoms with Crippen LogP contribution < -0.4 is 9.47 Å². The average molecular weight is 476 g/mol. The molecule has 3 aromatic rings. The first-order valence-electron chi connectivity index (χ1n) is 10.6. The summed E-state index contributed by atoms with van der Waals surface area (Å²) in [5.41, 5.74) is 0.273. The quantitative estimate of drug-likeness (QED) is 0.265. The maximum absolute atomic E-state index is 12.5. The van der Waals surface area contributed by atoms with Crippen LogP contribution in [0.15, 0.2) is 72.8 Å². The Kier molecular flexibility index (Phi) is 7.78. The predicted octanol–water partition coefficient (Wildman–Crippen LogP) is 4.52. The minimum atomic E-state index is -0.962. The van der Waals surface area contributed by atoms with Gasteiger partial charge in [0.25, 0.3) is 0 Å². The summed E-state index contributed by atoms with van der Waals surface area (Å²) in [6, 6.07) is 17.9. The second-order valence-electron chi connectivity index (χ2n) is 7.94. The van der Waals surface area contributed by atoms with Crippen molar-refractivity contribution in [2.24, 2.45) is 0 Å². The highest BCUT2D eigenvalue weighted by Gasteiger charge is 2.28. The van der Waals surface area contributed by atoms with E-state index in [1.165, 1.54) is 74.9 Å². The van der Waals surface area contributed by atoms with Crippen molar-refractivity contribution in [3.63, 3.8) is 0 Å². The van der Waals surface area contributed by atoms with E-state index in [1.807, 2.05) is 0 Å². The summed E-state index contributed by atoms with van der Waals surface area (Å²) in [5.74, 6) is -1.44. The molecular weight excluding hydrogens is 452 g/mol. The molecule has 8 heteroatoms. The predicted molar refractivity (Wildman–Crippen MR) is 126 cm³/mol. The van der Waals surface area contributed by atoms with E-state index in [2.05, 4.69) is 4.74 Å². The highest BCUT2D eigenvalue weighted by Crippen LogP contribution is 2.21. The lowest BCUT2D eigenvalue weighted by Gasteiger charge is -2.21. The van der Waals surface area contributed by atoms with E-state index in [1.54, 1.807) is 26.0 Å². The molecule has 0 aliphatic carbocycles. The second kappa shape index (κ2) is 10.8. The number of ketones is 1. The molecule has 0 fully saturated rings. The number of hydrogen-bond donors (Lipinski definition) is 0. The van der Waals surface area contributed by atoms with Gasteiger partial charge in [0.1, 0.15) is 17.1 Å². The molecule has 0 unspecified atom stereocenters. The van der Waals surface area contributed by atoms with Crippen LogP contribution in [0, 0.1) is 0 Å². The van der Waals surface area contributed by atoms with Gasteiger partial charge < -0.3 is 18.9 Å². The number of ether oxygens (including phenoxy) is 4. The van der Waals surface area contributed by atoms with E-state index in [9.17, 15) is 19.2 Å². The Morgan fingerprint density at radius 2 is 0.886 bits per heavy atom. The van der Waals surface area contributed by atoms with Crippen molar-refractivity contribution >= 4 is 23.7 Å². The number of Topliss-reactive ketones (excluding diaryl/α,β-unsaturated/α-hetero) is 1. The number of hydrogen-bond acceptors (Lipinski definition) is 8. The highest BCUT2D eigenvalue weighted by atomic mass is 16.5. The molecule has 0 bridgehead atoms. The summed E-state index contributed by atoms with van der Waals surface area (Å²) in [4.78, 5) is 48.7.